The van der Waals surface area contributed by atoms with E-state index < -0.39 is 12.0 Å². The standard InChI is InChI=1S/C13H16N2O3/c1-7-5-9-11(15-7)4-3-8(12(9)18-2)6-10(14)13(16)17/h3-5,10,15H,6,14H2,1-2H3,(H,16,17). The number of hydrogen-bond acceptors (Lipinski definition) is 3. The fraction of sp³-hybridized carbons (Fsp3) is 0.308. The molecule has 0 saturated carbocycles. The van der Waals surface area contributed by atoms with Crippen LogP contribution in [-0.4, -0.2) is 29.2 Å². The molecule has 2 aromatic rings. The number of aryl methyl sites for hydroxylation is 1. The highest BCUT2D eigenvalue weighted by molar-refractivity contribution is 5.88. The van der Waals surface area contributed by atoms with Gasteiger partial charge in [-0.3, -0.25) is 4.79 Å². The molecule has 0 fully saturated rings. The van der Waals surface area contributed by atoms with Crippen LogP contribution in [0.25, 0.3) is 10.9 Å². The minimum absolute atomic E-state index is 0.249. The fourth-order valence-corrected chi connectivity index (χ4v) is 2.09. The van der Waals surface area contributed by atoms with Gasteiger partial charge in [0.15, 0.2) is 0 Å². The second kappa shape index (κ2) is 4.70. The van der Waals surface area contributed by atoms with Crippen LogP contribution in [0.4, 0.5) is 0 Å². The van der Waals surface area contributed by atoms with Crippen molar-refractivity contribution in [1.29, 1.82) is 0 Å². The molecule has 18 heavy (non-hydrogen) atoms. The molecule has 0 aliphatic heterocycles. The highest BCUT2D eigenvalue weighted by Crippen LogP contribution is 2.30. The van der Waals surface area contributed by atoms with Gasteiger partial charge in [-0.25, -0.2) is 0 Å². The largest absolute Gasteiger partial charge is 0.496 e. The molecule has 1 aromatic carbocycles. The topological polar surface area (TPSA) is 88.3 Å². The first-order valence-electron chi connectivity index (χ1n) is 5.66. The van der Waals surface area contributed by atoms with E-state index in [1.54, 1.807) is 7.11 Å². The van der Waals surface area contributed by atoms with Crippen LogP contribution in [0.3, 0.4) is 0 Å². The SMILES string of the molecule is COc1c(CC(N)C(=O)O)ccc2[nH]c(C)cc12. The number of rotatable bonds is 4. The molecule has 0 aliphatic rings. The van der Waals surface area contributed by atoms with E-state index in [1.165, 1.54) is 0 Å². The molecule has 96 valence electrons. The molecule has 5 heteroatoms. The summed E-state index contributed by atoms with van der Waals surface area (Å²) in [5, 5.41) is 9.80. The lowest BCUT2D eigenvalue weighted by atomic mass is 10.0. The minimum Gasteiger partial charge on any atom is -0.496 e. The predicted molar refractivity (Wildman–Crippen MR) is 68.9 cm³/mol. The van der Waals surface area contributed by atoms with Crippen LogP contribution < -0.4 is 10.5 Å². The lowest BCUT2D eigenvalue weighted by Crippen LogP contribution is -2.32. The van der Waals surface area contributed by atoms with Crippen molar-refractivity contribution in [3.05, 3.63) is 29.5 Å². The molecular formula is C13H16N2O3. The summed E-state index contributed by atoms with van der Waals surface area (Å²) in [6.07, 6.45) is 0.249. The van der Waals surface area contributed by atoms with Gasteiger partial charge < -0.3 is 20.6 Å². The van der Waals surface area contributed by atoms with Gasteiger partial charge in [-0.15, -0.1) is 0 Å². The molecule has 0 saturated heterocycles. The lowest BCUT2D eigenvalue weighted by molar-refractivity contribution is -0.138. The number of methoxy groups -OCH3 is 1. The number of ether oxygens (including phenoxy) is 1. The van der Waals surface area contributed by atoms with Crippen LogP contribution >= 0.6 is 0 Å². The van der Waals surface area contributed by atoms with E-state index in [4.69, 9.17) is 15.6 Å². The molecule has 2 rings (SSSR count). The van der Waals surface area contributed by atoms with E-state index in [9.17, 15) is 4.79 Å². The van der Waals surface area contributed by atoms with Gasteiger partial charge in [-0.1, -0.05) is 6.07 Å². The van der Waals surface area contributed by atoms with Crippen molar-refractivity contribution >= 4 is 16.9 Å². The first kappa shape index (κ1) is 12.4. The number of carboxylic acid groups (broad SMARTS) is 1. The average Bonchev–Trinajstić information content (AvgIpc) is 2.69. The molecule has 1 heterocycles. The van der Waals surface area contributed by atoms with Gasteiger partial charge >= 0.3 is 5.97 Å². The smallest absolute Gasteiger partial charge is 0.320 e. The summed E-state index contributed by atoms with van der Waals surface area (Å²) in [4.78, 5) is 14.0. The molecule has 0 radical (unpaired) electrons. The third-order valence-electron chi connectivity index (χ3n) is 2.93. The van der Waals surface area contributed by atoms with Crippen LogP contribution in [0.15, 0.2) is 18.2 Å². The summed E-state index contributed by atoms with van der Waals surface area (Å²) in [5.74, 6) is -0.323. The van der Waals surface area contributed by atoms with E-state index in [0.717, 1.165) is 22.2 Å². The second-order valence-electron chi connectivity index (χ2n) is 4.32. The van der Waals surface area contributed by atoms with Crippen LogP contribution in [0.1, 0.15) is 11.3 Å². The maximum atomic E-state index is 10.8. The van der Waals surface area contributed by atoms with Gasteiger partial charge in [-0.05, 0) is 24.6 Å². The molecule has 1 unspecified atom stereocenters. The Balaban J connectivity index is 2.47. The lowest BCUT2D eigenvalue weighted by Gasteiger charge is -2.12. The number of carbonyl (C=O) groups is 1. The van der Waals surface area contributed by atoms with Crippen LogP contribution in [0, 0.1) is 6.92 Å². The number of hydrogen-bond donors (Lipinski definition) is 3. The first-order chi connectivity index (χ1) is 8.52. The van der Waals surface area contributed by atoms with Gasteiger partial charge in [0.2, 0.25) is 0 Å². The van der Waals surface area contributed by atoms with Crippen LogP contribution in [0.2, 0.25) is 0 Å². The Kier molecular flexibility index (Phi) is 3.25. The Morgan fingerprint density at radius 2 is 2.28 bits per heavy atom. The molecular weight excluding hydrogens is 232 g/mol. The van der Waals surface area contributed by atoms with Crippen molar-refractivity contribution in [2.24, 2.45) is 5.73 Å². The van der Waals surface area contributed by atoms with Gasteiger partial charge in [0.05, 0.1) is 7.11 Å². The summed E-state index contributed by atoms with van der Waals surface area (Å²) < 4.78 is 5.38. The molecule has 1 aromatic heterocycles. The molecule has 0 bridgehead atoms. The molecule has 4 N–H and O–H groups in total. The number of aromatic amines is 1. The summed E-state index contributed by atoms with van der Waals surface area (Å²) in [6.45, 7) is 1.96. The molecule has 5 nitrogen and oxygen atoms in total. The van der Waals surface area contributed by atoms with Crippen LogP contribution in [0.5, 0.6) is 5.75 Å². The number of aliphatic carboxylic acids is 1. The minimum atomic E-state index is -1.01. The third-order valence-corrected chi connectivity index (χ3v) is 2.93. The molecule has 1 atom stereocenters. The first-order valence-corrected chi connectivity index (χ1v) is 5.66. The molecule has 0 aliphatic carbocycles. The van der Waals surface area contributed by atoms with Crippen molar-refractivity contribution < 1.29 is 14.6 Å². The van der Waals surface area contributed by atoms with E-state index in [2.05, 4.69) is 4.98 Å². The summed E-state index contributed by atoms with van der Waals surface area (Å²) >= 11 is 0. The number of nitrogens with two attached hydrogens (primary N) is 1. The summed E-state index contributed by atoms with van der Waals surface area (Å²) in [5.41, 5.74) is 8.36. The highest BCUT2D eigenvalue weighted by atomic mass is 16.5. The van der Waals surface area contributed by atoms with Crippen molar-refractivity contribution in [2.45, 2.75) is 19.4 Å². The van der Waals surface area contributed by atoms with E-state index in [-0.39, 0.29) is 6.42 Å². The maximum absolute atomic E-state index is 10.8. The number of benzene rings is 1. The fourth-order valence-electron chi connectivity index (χ4n) is 2.09. The van der Waals surface area contributed by atoms with Crippen molar-refractivity contribution in [2.75, 3.05) is 7.11 Å². The monoisotopic (exact) mass is 248 g/mol. The Morgan fingerprint density at radius 3 is 2.89 bits per heavy atom. The van der Waals surface area contributed by atoms with Gasteiger partial charge in [0, 0.05) is 23.0 Å². The number of H-pyrrole nitrogens is 1. The Labute approximate surface area is 105 Å². The zero-order valence-corrected chi connectivity index (χ0v) is 10.4. The zero-order chi connectivity index (χ0) is 13.3. The quantitative estimate of drug-likeness (QED) is 0.763. The van der Waals surface area contributed by atoms with Crippen molar-refractivity contribution in [3.8, 4) is 5.75 Å². The Bertz CT molecular complexity index is 589. The molecule has 0 amide bonds. The number of nitrogens with one attached hydrogen (secondary N) is 1. The van der Waals surface area contributed by atoms with Crippen LogP contribution in [-0.2, 0) is 11.2 Å². The number of carboxylic acids is 1. The van der Waals surface area contributed by atoms with E-state index in [1.807, 2.05) is 25.1 Å². The van der Waals surface area contributed by atoms with Gasteiger partial charge in [0.25, 0.3) is 0 Å². The predicted octanol–water partition coefficient (Wildman–Crippen LogP) is 1.44. The number of aromatic nitrogens is 1. The highest BCUT2D eigenvalue weighted by Gasteiger charge is 2.17. The maximum Gasteiger partial charge on any atom is 0.320 e. The van der Waals surface area contributed by atoms with Crippen molar-refractivity contribution in [1.82, 2.24) is 4.98 Å². The van der Waals surface area contributed by atoms with Gasteiger partial charge in [0.1, 0.15) is 11.8 Å². The average molecular weight is 248 g/mol. The Hall–Kier alpha value is -2.01. The zero-order valence-electron chi connectivity index (χ0n) is 10.4. The van der Waals surface area contributed by atoms with Crippen molar-refractivity contribution in [3.63, 3.8) is 0 Å². The third kappa shape index (κ3) is 2.17. The Morgan fingerprint density at radius 1 is 1.56 bits per heavy atom. The molecule has 0 spiro atoms. The summed E-state index contributed by atoms with van der Waals surface area (Å²) in [7, 11) is 1.58. The van der Waals surface area contributed by atoms with Gasteiger partial charge in [-0.2, -0.15) is 0 Å². The van der Waals surface area contributed by atoms with E-state index >= 15 is 0 Å². The second-order valence-corrected chi connectivity index (χ2v) is 4.32. The number of fused-ring (bicyclic) bond motifs is 1. The summed E-state index contributed by atoms with van der Waals surface area (Å²) in [6, 6.07) is 4.81. The van der Waals surface area contributed by atoms with E-state index in [0.29, 0.717) is 5.75 Å². The normalized spacial score (nSPS) is 12.6.